The van der Waals surface area contributed by atoms with Gasteiger partial charge in [-0.3, -0.25) is 4.99 Å². The molecule has 41 heavy (non-hydrogen) atoms. The van der Waals surface area contributed by atoms with Crippen molar-refractivity contribution in [1.82, 2.24) is 0 Å². The van der Waals surface area contributed by atoms with E-state index < -0.39 is 0 Å². The van der Waals surface area contributed by atoms with Crippen LogP contribution in [0.3, 0.4) is 0 Å². The van der Waals surface area contributed by atoms with Gasteiger partial charge in [0.1, 0.15) is 17.3 Å². The van der Waals surface area contributed by atoms with Crippen LogP contribution in [0.25, 0.3) is 44.2 Å². The lowest BCUT2D eigenvalue weighted by Crippen LogP contribution is -2.20. The Hall–Kier alpha value is -5.41. The van der Waals surface area contributed by atoms with Gasteiger partial charge in [-0.1, -0.05) is 133 Å². The summed E-state index contributed by atoms with van der Waals surface area (Å²) < 4.78 is 6.29. The number of para-hydroxylation sites is 2. The van der Waals surface area contributed by atoms with Crippen molar-refractivity contribution in [2.45, 2.75) is 6.17 Å². The Morgan fingerprint density at radius 1 is 0.512 bits per heavy atom. The first kappa shape index (κ1) is 23.5. The summed E-state index contributed by atoms with van der Waals surface area (Å²) in [7, 11) is 0. The van der Waals surface area contributed by atoms with Gasteiger partial charge >= 0.3 is 0 Å². The summed E-state index contributed by atoms with van der Waals surface area (Å²) in [5.41, 5.74) is 11.9. The molecule has 3 heteroatoms. The smallest absolute Gasteiger partial charge is 0.145 e. The highest BCUT2D eigenvalue weighted by atomic mass is 16.3. The van der Waals surface area contributed by atoms with Crippen LogP contribution >= 0.6 is 0 Å². The molecule has 0 aliphatic carbocycles. The highest BCUT2D eigenvalue weighted by molar-refractivity contribution is 6.17. The van der Waals surface area contributed by atoms with E-state index in [-0.39, 0.29) is 6.17 Å². The molecule has 0 bridgehead atoms. The van der Waals surface area contributed by atoms with E-state index in [9.17, 15) is 0 Å². The summed E-state index contributed by atoms with van der Waals surface area (Å²) in [4.78, 5) is 5.15. The van der Waals surface area contributed by atoms with E-state index >= 15 is 0 Å². The third-order valence-corrected chi connectivity index (χ3v) is 7.92. The number of hydrogen-bond donors (Lipinski definition) is 1. The predicted octanol–water partition coefficient (Wildman–Crippen LogP) is 9.88. The number of nitrogens with one attached hydrogen (secondary N) is 1. The van der Waals surface area contributed by atoms with Crippen LogP contribution in [-0.4, -0.2) is 5.71 Å². The summed E-state index contributed by atoms with van der Waals surface area (Å²) in [5, 5.41) is 5.99. The fraction of sp³-hybridized carbons (Fsp3) is 0.0263. The molecule has 0 radical (unpaired) electrons. The Bertz CT molecular complexity index is 2060. The molecule has 7 aromatic rings. The third kappa shape index (κ3) is 4.11. The van der Waals surface area contributed by atoms with Crippen LogP contribution in [0.5, 0.6) is 0 Å². The molecule has 0 fully saturated rings. The fourth-order valence-corrected chi connectivity index (χ4v) is 5.86. The standard InChI is InChI=1S/C38H26N2O/c1-3-10-27(11-4-1)36-33-23-22-29(24-34(33)39-38(40-36)28-12-5-2-6-13-28)25-18-20-26(21-19-25)30-15-9-16-32-31-14-7-8-17-35(31)41-37(30)32/h1-24,38-39H. The summed E-state index contributed by atoms with van der Waals surface area (Å²) in [6.07, 6.45) is -0.152. The molecule has 1 N–H and O–H groups in total. The Labute approximate surface area is 238 Å². The van der Waals surface area contributed by atoms with E-state index in [1.807, 2.05) is 24.3 Å². The molecule has 6 aromatic carbocycles. The van der Waals surface area contributed by atoms with Crippen molar-refractivity contribution in [2.24, 2.45) is 4.99 Å². The van der Waals surface area contributed by atoms with Gasteiger partial charge in [0.25, 0.3) is 0 Å². The zero-order valence-corrected chi connectivity index (χ0v) is 22.3. The lowest BCUT2D eigenvalue weighted by molar-refractivity contribution is 0.670. The van der Waals surface area contributed by atoms with E-state index in [0.717, 1.165) is 72.3 Å². The van der Waals surface area contributed by atoms with Gasteiger partial charge in [0.2, 0.25) is 0 Å². The average molecular weight is 527 g/mol. The predicted molar refractivity (Wildman–Crippen MR) is 169 cm³/mol. The topological polar surface area (TPSA) is 37.5 Å². The number of fused-ring (bicyclic) bond motifs is 4. The molecule has 194 valence electrons. The van der Waals surface area contributed by atoms with Crippen molar-refractivity contribution < 1.29 is 4.42 Å². The summed E-state index contributed by atoms with van der Waals surface area (Å²) in [6, 6.07) is 50.9. The van der Waals surface area contributed by atoms with Gasteiger partial charge in [-0.2, -0.15) is 0 Å². The van der Waals surface area contributed by atoms with Crippen molar-refractivity contribution in [2.75, 3.05) is 5.32 Å². The molecule has 8 rings (SSSR count). The molecule has 3 nitrogen and oxygen atoms in total. The van der Waals surface area contributed by atoms with E-state index in [1.165, 1.54) is 0 Å². The highest BCUT2D eigenvalue weighted by Crippen LogP contribution is 2.38. The van der Waals surface area contributed by atoms with Crippen LogP contribution in [0.2, 0.25) is 0 Å². The first-order valence-electron chi connectivity index (χ1n) is 13.9. The second-order valence-corrected chi connectivity index (χ2v) is 10.4. The summed E-state index contributed by atoms with van der Waals surface area (Å²) in [5.74, 6) is 0. The van der Waals surface area contributed by atoms with Gasteiger partial charge in [-0.15, -0.1) is 0 Å². The monoisotopic (exact) mass is 526 g/mol. The number of aliphatic imine (C=N–C) groups is 1. The minimum absolute atomic E-state index is 0.152. The first-order valence-corrected chi connectivity index (χ1v) is 13.9. The SMILES string of the molecule is c1ccc(C2=NC(c3ccccc3)Nc3cc(-c4ccc(-c5cccc6c5oc5ccccc56)cc4)ccc32)cc1. The van der Waals surface area contributed by atoms with Crippen molar-refractivity contribution in [1.29, 1.82) is 0 Å². The van der Waals surface area contributed by atoms with Gasteiger partial charge < -0.3 is 9.73 Å². The first-order chi connectivity index (χ1) is 20.3. The minimum Gasteiger partial charge on any atom is -0.455 e. The minimum atomic E-state index is -0.152. The lowest BCUT2D eigenvalue weighted by Gasteiger charge is -2.27. The second-order valence-electron chi connectivity index (χ2n) is 10.4. The Morgan fingerprint density at radius 2 is 1.20 bits per heavy atom. The molecule has 1 aliphatic heterocycles. The number of nitrogens with zero attached hydrogens (tertiary/aromatic N) is 1. The molecule has 0 saturated carbocycles. The van der Waals surface area contributed by atoms with E-state index in [4.69, 9.17) is 9.41 Å². The average Bonchev–Trinajstić information content (AvgIpc) is 3.44. The van der Waals surface area contributed by atoms with E-state index in [0.29, 0.717) is 0 Å². The van der Waals surface area contributed by atoms with Crippen LogP contribution in [0.15, 0.2) is 155 Å². The van der Waals surface area contributed by atoms with E-state index in [2.05, 4.69) is 127 Å². The Morgan fingerprint density at radius 3 is 2.02 bits per heavy atom. The molecule has 0 saturated heterocycles. The van der Waals surface area contributed by atoms with Crippen LogP contribution in [0.4, 0.5) is 5.69 Å². The van der Waals surface area contributed by atoms with Gasteiger partial charge in [0, 0.05) is 33.2 Å². The van der Waals surface area contributed by atoms with Crippen LogP contribution in [0, 0.1) is 0 Å². The highest BCUT2D eigenvalue weighted by Gasteiger charge is 2.23. The van der Waals surface area contributed by atoms with Gasteiger partial charge in [-0.25, -0.2) is 0 Å². The van der Waals surface area contributed by atoms with Crippen molar-refractivity contribution >= 4 is 33.3 Å². The second kappa shape index (κ2) is 9.65. The van der Waals surface area contributed by atoms with Crippen LogP contribution in [0.1, 0.15) is 22.9 Å². The quantitative estimate of drug-likeness (QED) is 0.248. The van der Waals surface area contributed by atoms with Gasteiger partial charge in [-0.05, 0) is 34.4 Å². The number of anilines is 1. The normalized spacial score (nSPS) is 14.4. The number of hydrogen-bond acceptors (Lipinski definition) is 3. The van der Waals surface area contributed by atoms with E-state index in [1.54, 1.807) is 0 Å². The van der Waals surface area contributed by atoms with Gasteiger partial charge in [0.05, 0.1) is 5.71 Å². The maximum atomic E-state index is 6.29. The number of rotatable bonds is 4. The fourth-order valence-electron chi connectivity index (χ4n) is 5.86. The molecule has 0 spiro atoms. The van der Waals surface area contributed by atoms with Crippen molar-refractivity contribution in [3.05, 3.63) is 162 Å². The van der Waals surface area contributed by atoms with Crippen LogP contribution in [-0.2, 0) is 0 Å². The molecule has 1 aliphatic rings. The maximum absolute atomic E-state index is 6.29. The third-order valence-electron chi connectivity index (χ3n) is 7.92. The Kier molecular flexibility index (Phi) is 5.53. The Balaban J connectivity index is 1.17. The molecule has 1 aromatic heterocycles. The zero-order chi connectivity index (χ0) is 27.2. The van der Waals surface area contributed by atoms with Gasteiger partial charge in [0.15, 0.2) is 0 Å². The lowest BCUT2D eigenvalue weighted by atomic mass is 9.93. The van der Waals surface area contributed by atoms with Crippen LogP contribution < -0.4 is 5.32 Å². The molecule has 0 amide bonds. The maximum Gasteiger partial charge on any atom is 0.145 e. The zero-order valence-electron chi connectivity index (χ0n) is 22.3. The number of furan rings is 1. The molecular weight excluding hydrogens is 500 g/mol. The number of benzene rings is 6. The molecule has 1 atom stereocenters. The summed E-state index contributed by atoms with van der Waals surface area (Å²) >= 11 is 0. The molecule has 2 heterocycles. The largest absolute Gasteiger partial charge is 0.455 e. The van der Waals surface area contributed by atoms with Crippen molar-refractivity contribution in [3.8, 4) is 22.3 Å². The summed E-state index contributed by atoms with van der Waals surface area (Å²) in [6.45, 7) is 0. The molecule has 1 unspecified atom stereocenters. The molecular formula is C38H26N2O. The van der Waals surface area contributed by atoms with Crippen molar-refractivity contribution in [3.63, 3.8) is 0 Å².